The van der Waals surface area contributed by atoms with Gasteiger partial charge in [-0.2, -0.15) is 0 Å². The second-order valence-electron chi connectivity index (χ2n) is 4.06. The first-order chi connectivity index (χ1) is 6.65. The van der Waals surface area contributed by atoms with Gasteiger partial charge in [0.15, 0.2) is 0 Å². The van der Waals surface area contributed by atoms with E-state index in [1.54, 1.807) is 4.90 Å². The smallest absolute Gasteiger partial charge is 0.317 e. The van der Waals surface area contributed by atoms with Crippen molar-refractivity contribution in [3.8, 4) is 0 Å². The van der Waals surface area contributed by atoms with Crippen LogP contribution in [0.3, 0.4) is 0 Å². The summed E-state index contributed by atoms with van der Waals surface area (Å²) >= 11 is 0. The Bertz CT molecular complexity index is 193. The van der Waals surface area contributed by atoms with E-state index in [2.05, 4.69) is 5.32 Å². The van der Waals surface area contributed by atoms with E-state index in [1.165, 1.54) is 0 Å². The van der Waals surface area contributed by atoms with Crippen molar-refractivity contribution >= 4 is 6.03 Å². The zero-order chi connectivity index (χ0) is 10.6. The molecule has 0 spiro atoms. The van der Waals surface area contributed by atoms with Crippen molar-refractivity contribution in [2.24, 2.45) is 0 Å². The SMILES string of the molecule is CC(CCCO)NC(=O)N(C)C1CC1. The number of urea groups is 1. The summed E-state index contributed by atoms with van der Waals surface area (Å²) in [6.45, 7) is 2.16. The molecule has 4 heteroatoms. The molecule has 0 saturated heterocycles. The lowest BCUT2D eigenvalue weighted by Crippen LogP contribution is -2.42. The molecule has 82 valence electrons. The normalized spacial score (nSPS) is 17.6. The van der Waals surface area contributed by atoms with Crippen LogP contribution in [0.1, 0.15) is 32.6 Å². The third-order valence-corrected chi connectivity index (χ3v) is 2.58. The summed E-state index contributed by atoms with van der Waals surface area (Å²) in [5, 5.41) is 11.5. The van der Waals surface area contributed by atoms with E-state index in [0.29, 0.717) is 6.04 Å². The fourth-order valence-electron chi connectivity index (χ4n) is 1.41. The molecule has 1 fully saturated rings. The zero-order valence-electron chi connectivity index (χ0n) is 8.99. The summed E-state index contributed by atoms with van der Waals surface area (Å²) in [7, 11) is 1.84. The summed E-state index contributed by atoms with van der Waals surface area (Å²) in [4.78, 5) is 13.3. The van der Waals surface area contributed by atoms with Crippen LogP contribution in [0, 0.1) is 0 Å². The first kappa shape index (κ1) is 11.3. The molecular weight excluding hydrogens is 180 g/mol. The molecule has 0 aromatic heterocycles. The van der Waals surface area contributed by atoms with Crippen LogP contribution in [0.15, 0.2) is 0 Å². The second-order valence-corrected chi connectivity index (χ2v) is 4.06. The summed E-state index contributed by atoms with van der Waals surface area (Å²) < 4.78 is 0. The van der Waals surface area contributed by atoms with E-state index in [4.69, 9.17) is 5.11 Å². The van der Waals surface area contributed by atoms with Gasteiger partial charge in [0, 0.05) is 25.7 Å². The highest BCUT2D eigenvalue weighted by atomic mass is 16.3. The highest BCUT2D eigenvalue weighted by Crippen LogP contribution is 2.25. The van der Waals surface area contributed by atoms with Gasteiger partial charge >= 0.3 is 6.03 Å². The van der Waals surface area contributed by atoms with Crippen LogP contribution in [0.2, 0.25) is 0 Å². The van der Waals surface area contributed by atoms with Crippen LogP contribution in [-0.2, 0) is 0 Å². The molecule has 2 amide bonds. The Kier molecular flexibility index (Phi) is 4.20. The monoisotopic (exact) mass is 200 g/mol. The minimum absolute atomic E-state index is 0.0120. The number of hydrogen-bond acceptors (Lipinski definition) is 2. The molecule has 1 aliphatic carbocycles. The number of aliphatic hydroxyl groups excluding tert-OH is 1. The lowest BCUT2D eigenvalue weighted by atomic mass is 10.2. The van der Waals surface area contributed by atoms with Crippen molar-refractivity contribution in [2.45, 2.75) is 44.7 Å². The van der Waals surface area contributed by atoms with Gasteiger partial charge in [-0.3, -0.25) is 0 Å². The standard InChI is InChI=1S/C10H20N2O2/c1-8(4-3-7-13)11-10(14)12(2)9-5-6-9/h8-9,13H,3-7H2,1-2H3,(H,11,14). The quantitative estimate of drug-likeness (QED) is 0.694. The van der Waals surface area contributed by atoms with Crippen LogP contribution in [0.5, 0.6) is 0 Å². The largest absolute Gasteiger partial charge is 0.396 e. The van der Waals surface area contributed by atoms with Crippen LogP contribution in [0.4, 0.5) is 4.79 Å². The van der Waals surface area contributed by atoms with Crippen LogP contribution >= 0.6 is 0 Å². The number of carbonyl (C=O) groups excluding carboxylic acids is 1. The molecule has 1 aliphatic rings. The minimum Gasteiger partial charge on any atom is -0.396 e. The van der Waals surface area contributed by atoms with Gasteiger partial charge in [-0.1, -0.05) is 0 Å². The average molecular weight is 200 g/mol. The number of carbonyl (C=O) groups is 1. The molecule has 0 aromatic carbocycles. The van der Waals surface area contributed by atoms with Crippen LogP contribution in [0.25, 0.3) is 0 Å². The van der Waals surface area contributed by atoms with Gasteiger partial charge in [-0.05, 0) is 32.6 Å². The van der Waals surface area contributed by atoms with Gasteiger partial charge in [0.25, 0.3) is 0 Å². The van der Waals surface area contributed by atoms with Crippen molar-refractivity contribution < 1.29 is 9.90 Å². The van der Waals surface area contributed by atoms with E-state index in [-0.39, 0.29) is 18.7 Å². The maximum absolute atomic E-state index is 11.6. The predicted molar refractivity (Wildman–Crippen MR) is 55.1 cm³/mol. The molecule has 1 atom stereocenters. The molecule has 1 rings (SSSR count). The summed E-state index contributed by atoms with van der Waals surface area (Å²) in [6.07, 6.45) is 3.85. The van der Waals surface area contributed by atoms with E-state index in [9.17, 15) is 4.79 Å². The third kappa shape index (κ3) is 3.54. The number of nitrogens with one attached hydrogen (secondary N) is 1. The van der Waals surface area contributed by atoms with Crippen LogP contribution < -0.4 is 5.32 Å². The fourth-order valence-corrected chi connectivity index (χ4v) is 1.41. The molecule has 1 unspecified atom stereocenters. The van der Waals surface area contributed by atoms with E-state index < -0.39 is 0 Å². The van der Waals surface area contributed by atoms with E-state index >= 15 is 0 Å². The van der Waals surface area contributed by atoms with Crippen molar-refractivity contribution in [3.05, 3.63) is 0 Å². The Morgan fingerprint density at radius 1 is 1.64 bits per heavy atom. The minimum atomic E-state index is 0.0120. The van der Waals surface area contributed by atoms with Crippen molar-refractivity contribution in [3.63, 3.8) is 0 Å². The van der Waals surface area contributed by atoms with Crippen molar-refractivity contribution in [1.82, 2.24) is 10.2 Å². The first-order valence-electron chi connectivity index (χ1n) is 5.29. The van der Waals surface area contributed by atoms with E-state index in [0.717, 1.165) is 25.7 Å². The average Bonchev–Trinajstić information content (AvgIpc) is 2.96. The molecule has 4 nitrogen and oxygen atoms in total. The van der Waals surface area contributed by atoms with Gasteiger partial charge in [0.05, 0.1) is 0 Å². The lowest BCUT2D eigenvalue weighted by Gasteiger charge is -2.20. The van der Waals surface area contributed by atoms with Gasteiger partial charge in [0.1, 0.15) is 0 Å². The molecule has 14 heavy (non-hydrogen) atoms. The lowest BCUT2D eigenvalue weighted by molar-refractivity contribution is 0.201. The second kappa shape index (κ2) is 5.20. The molecule has 0 heterocycles. The van der Waals surface area contributed by atoms with Gasteiger partial charge in [-0.15, -0.1) is 0 Å². The zero-order valence-corrected chi connectivity index (χ0v) is 8.99. The molecule has 2 N–H and O–H groups in total. The number of amides is 2. The third-order valence-electron chi connectivity index (χ3n) is 2.58. The highest BCUT2D eigenvalue weighted by Gasteiger charge is 2.29. The molecule has 1 saturated carbocycles. The Morgan fingerprint density at radius 3 is 2.79 bits per heavy atom. The summed E-state index contributed by atoms with van der Waals surface area (Å²) in [5.74, 6) is 0. The Labute approximate surface area is 85.3 Å². The van der Waals surface area contributed by atoms with Crippen molar-refractivity contribution in [2.75, 3.05) is 13.7 Å². The Hall–Kier alpha value is -0.770. The number of hydrogen-bond donors (Lipinski definition) is 2. The Balaban J connectivity index is 2.17. The van der Waals surface area contributed by atoms with E-state index in [1.807, 2.05) is 14.0 Å². The molecule has 0 aliphatic heterocycles. The number of rotatable bonds is 5. The number of aliphatic hydroxyl groups is 1. The maximum atomic E-state index is 11.6. The summed E-state index contributed by atoms with van der Waals surface area (Å²) in [6, 6.07) is 0.619. The Morgan fingerprint density at radius 2 is 2.29 bits per heavy atom. The van der Waals surface area contributed by atoms with Crippen molar-refractivity contribution in [1.29, 1.82) is 0 Å². The summed E-state index contributed by atoms with van der Waals surface area (Å²) in [5.41, 5.74) is 0. The molecule has 0 radical (unpaired) electrons. The van der Waals surface area contributed by atoms with Gasteiger partial charge in [-0.25, -0.2) is 4.79 Å². The van der Waals surface area contributed by atoms with Gasteiger partial charge in [0.2, 0.25) is 0 Å². The molecular formula is C10H20N2O2. The van der Waals surface area contributed by atoms with Gasteiger partial charge < -0.3 is 15.3 Å². The first-order valence-corrected chi connectivity index (χ1v) is 5.29. The topological polar surface area (TPSA) is 52.6 Å². The number of nitrogens with zero attached hydrogens (tertiary/aromatic N) is 1. The maximum Gasteiger partial charge on any atom is 0.317 e. The molecule has 0 bridgehead atoms. The molecule has 0 aromatic rings. The fraction of sp³-hybridized carbons (Fsp3) is 0.900. The highest BCUT2D eigenvalue weighted by molar-refractivity contribution is 5.74. The predicted octanol–water partition coefficient (Wildman–Crippen LogP) is 0.951. The van der Waals surface area contributed by atoms with Crippen LogP contribution in [-0.4, -0.2) is 41.8 Å².